The van der Waals surface area contributed by atoms with Crippen molar-refractivity contribution < 1.29 is 49.0 Å². The normalized spacial score (nSPS) is 17.8. The molecule has 0 bridgehead atoms. The molecule has 2 atom stereocenters. The van der Waals surface area contributed by atoms with Crippen LogP contribution in [-0.4, -0.2) is 19.0 Å². The fraction of sp³-hybridized carbons (Fsp3) is 0.130. The summed E-state index contributed by atoms with van der Waals surface area (Å²) in [6.45, 7) is 0. The number of hydrogen-bond donors (Lipinski definition) is 0. The molecule has 29 heavy (non-hydrogen) atoms. The minimum Gasteiger partial charge on any atom is -0.549 e. The maximum Gasteiger partial charge on any atom is 1.00 e. The number of amides is 1. The molecule has 6 heteroatoms. The van der Waals surface area contributed by atoms with Crippen molar-refractivity contribution >= 4 is 17.6 Å². The van der Waals surface area contributed by atoms with E-state index in [0.29, 0.717) is 22.6 Å². The van der Waals surface area contributed by atoms with Crippen LogP contribution in [0.25, 0.3) is 0 Å². The molecule has 0 aromatic heterocycles. The van der Waals surface area contributed by atoms with Crippen LogP contribution >= 0.6 is 0 Å². The van der Waals surface area contributed by atoms with E-state index in [1.165, 1.54) is 4.90 Å². The Balaban J connectivity index is 0.00000240. The molecule has 5 nitrogen and oxygen atoms in total. The van der Waals surface area contributed by atoms with Crippen molar-refractivity contribution in [3.8, 4) is 5.75 Å². The second-order valence-electron chi connectivity index (χ2n) is 6.61. The number of carbonyl (C=O) groups excluding carboxylic acids is 2. The summed E-state index contributed by atoms with van der Waals surface area (Å²) in [5.41, 5.74) is 2.18. The molecule has 1 heterocycles. The van der Waals surface area contributed by atoms with Gasteiger partial charge in [0.1, 0.15) is 5.75 Å². The van der Waals surface area contributed by atoms with E-state index in [4.69, 9.17) is 4.74 Å². The average Bonchev–Trinajstić information content (AvgIpc) is 2.74. The van der Waals surface area contributed by atoms with Gasteiger partial charge in [-0.05, 0) is 41.5 Å². The first-order valence-electron chi connectivity index (χ1n) is 8.94. The van der Waals surface area contributed by atoms with E-state index in [1.54, 1.807) is 55.6 Å². The molecule has 0 saturated carbocycles. The SMILES string of the molecule is COc1ccc(N2C(=O)c3ccccc3[C@H](C(=O)[O-])[C@H]2c2ccccc2)cc1.[Na+]. The summed E-state index contributed by atoms with van der Waals surface area (Å²) in [7, 11) is 1.57. The topological polar surface area (TPSA) is 69.7 Å². The van der Waals surface area contributed by atoms with Gasteiger partial charge in [0, 0.05) is 17.2 Å². The number of carbonyl (C=O) groups is 2. The fourth-order valence-corrected chi connectivity index (χ4v) is 3.81. The summed E-state index contributed by atoms with van der Waals surface area (Å²) in [4.78, 5) is 27.2. The van der Waals surface area contributed by atoms with E-state index >= 15 is 0 Å². The minimum atomic E-state index is -1.22. The van der Waals surface area contributed by atoms with Gasteiger partial charge in [-0.15, -0.1) is 0 Å². The molecular formula is C23H18NNaO4. The van der Waals surface area contributed by atoms with Crippen LogP contribution < -0.4 is 44.3 Å². The number of benzene rings is 3. The van der Waals surface area contributed by atoms with Crippen LogP contribution in [0.5, 0.6) is 5.75 Å². The molecule has 1 aliphatic rings. The maximum absolute atomic E-state index is 13.4. The number of anilines is 1. The van der Waals surface area contributed by atoms with Crippen molar-refractivity contribution in [2.24, 2.45) is 0 Å². The summed E-state index contributed by atoms with van der Waals surface area (Å²) in [6.07, 6.45) is 0. The number of fused-ring (bicyclic) bond motifs is 1. The fourth-order valence-electron chi connectivity index (χ4n) is 3.81. The number of hydrogen-bond acceptors (Lipinski definition) is 4. The maximum atomic E-state index is 13.4. The molecule has 0 aliphatic carbocycles. The zero-order chi connectivity index (χ0) is 19.7. The first kappa shape index (κ1) is 21.1. The van der Waals surface area contributed by atoms with Gasteiger partial charge in [-0.3, -0.25) is 9.69 Å². The summed E-state index contributed by atoms with van der Waals surface area (Å²) in [5, 5.41) is 12.2. The van der Waals surface area contributed by atoms with E-state index in [1.807, 2.05) is 30.3 Å². The van der Waals surface area contributed by atoms with Crippen LogP contribution in [0.3, 0.4) is 0 Å². The zero-order valence-corrected chi connectivity index (χ0v) is 18.2. The Morgan fingerprint density at radius 2 is 1.55 bits per heavy atom. The number of nitrogens with zero attached hydrogens (tertiary/aromatic N) is 1. The zero-order valence-electron chi connectivity index (χ0n) is 16.2. The molecular weight excluding hydrogens is 377 g/mol. The first-order valence-corrected chi connectivity index (χ1v) is 8.94. The van der Waals surface area contributed by atoms with Gasteiger partial charge in [-0.2, -0.15) is 0 Å². The molecule has 4 rings (SSSR count). The van der Waals surface area contributed by atoms with Crippen molar-refractivity contribution in [3.63, 3.8) is 0 Å². The van der Waals surface area contributed by atoms with E-state index < -0.39 is 17.9 Å². The predicted molar refractivity (Wildman–Crippen MR) is 103 cm³/mol. The first-order chi connectivity index (χ1) is 13.6. The van der Waals surface area contributed by atoms with Crippen molar-refractivity contribution in [2.45, 2.75) is 12.0 Å². The van der Waals surface area contributed by atoms with Crippen molar-refractivity contribution in [1.82, 2.24) is 0 Å². The molecule has 0 spiro atoms. The number of ether oxygens (including phenoxy) is 1. The Hall–Kier alpha value is -2.60. The van der Waals surface area contributed by atoms with Gasteiger partial charge in [0.25, 0.3) is 5.91 Å². The third kappa shape index (κ3) is 3.81. The van der Waals surface area contributed by atoms with Gasteiger partial charge in [0.15, 0.2) is 0 Å². The molecule has 140 valence electrons. The average molecular weight is 395 g/mol. The largest absolute Gasteiger partial charge is 1.00 e. The Morgan fingerprint density at radius 1 is 0.931 bits per heavy atom. The van der Waals surface area contributed by atoms with Gasteiger partial charge in [0.05, 0.1) is 19.1 Å². The number of methoxy groups -OCH3 is 1. The number of rotatable bonds is 4. The van der Waals surface area contributed by atoms with Gasteiger partial charge in [-0.1, -0.05) is 48.5 Å². The van der Waals surface area contributed by atoms with E-state index in [9.17, 15) is 14.7 Å². The van der Waals surface area contributed by atoms with Crippen LogP contribution in [0.4, 0.5) is 5.69 Å². The number of carboxylic acids is 1. The van der Waals surface area contributed by atoms with Crippen molar-refractivity contribution in [1.29, 1.82) is 0 Å². The number of aliphatic carboxylic acids is 1. The predicted octanol–water partition coefficient (Wildman–Crippen LogP) is -0.0656. The van der Waals surface area contributed by atoms with Gasteiger partial charge in [-0.25, -0.2) is 0 Å². The summed E-state index contributed by atoms with van der Waals surface area (Å²) in [6, 6.07) is 22.3. The third-order valence-corrected chi connectivity index (χ3v) is 5.08. The molecule has 1 amide bonds. The van der Waals surface area contributed by atoms with Crippen LogP contribution in [0.1, 0.15) is 33.4 Å². The summed E-state index contributed by atoms with van der Waals surface area (Å²) in [5.74, 6) is -1.79. The number of carboxylic acid groups (broad SMARTS) is 1. The molecule has 1 aliphatic heterocycles. The minimum absolute atomic E-state index is 0. The molecule has 0 radical (unpaired) electrons. The molecule has 3 aromatic carbocycles. The van der Waals surface area contributed by atoms with Gasteiger partial charge < -0.3 is 14.6 Å². The van der Waals surface area contributed by atoms with Crippen molar-refractivity contribution in [2.75, 3.05) is 12.0 Å². The Morgan fingerprint density at radius 3 is 2.17 bits per heavy atom. The summed E-state index contributed by atoms with van der Waals surface area (Å²) >= 11 is 0. The van der Waals surface area contributed by atoms with Crippen LogP contribution in [-0.2, 0) is 4.79 Å². The monoisotopic (exact) mass is 395 g/mol. The molecule has 3 aromatic rings. The van der Waals surface area contributed by atoms with Crippen molar-refractivity contribution in [3.05, 3.63) is 95.6 Å². The molecule has 0 saturated heterocycles. The summed E-state index contributed by atoms with van der Waals surface area (Å²) < 4.78 is 5.20. The van der Waals surface area contributed by atoms with Crippen LogP contribution in [0.2, 0.25) is 0 Å². The second-order valence-corrected chi connectivity index (χ2v) is 6.61. The molecule has 0 N–H and O–H groups in total. The third-order valence-electron chi connectivity index (χ3n) is 5.08. The van der Waals surface area contributed by atoms with E-state index in [2.05, 4.69) is 0 Å². The van der Waals surface area contributed by atoms with Gasteiger partial charge >= 0.3 is 29.6 Å². The smallest absolute Gasteiger partial charge is 0.549 e. The van der Waals surface area contributed by atoms with Crippen LogP contribution in [0, 0.1) is 0 Å². The molecule has 0 unspecified atom stereocenters. The Kier molecular flexibility index (Phi) is 6.42. The standard InChI is InChI=1S/C23H19NO4.Na/c1-28-17-13-11-16(12-14-17)24-21(15-7-3-2-4-8-15)20(23(26)27)18-9-5-6-10-19(18)22(24)25;/h2-14,20-21H,1H3,(H,26,27);/q;+1/p-1/t20-,21+;/m0./s1. The quantitative estimate of drug-likeness (QED) is 0.581. The van der Waals surface area contributed by atoms with Crippen LogP contribution in [0.15, 0.2) is 78.9 Å². The second kappa shape index (κ2) is 8.82. The Bertz CT molecular complexity index is 1020. The van der Waals surface area contributed by atoms with E-state index in [0.717, 1.165) is 5.56 Å². The van der Waals surface area contributed by atoms with E-state index in [-0.39, 0.29) is 35.5 Å². The van der Waals surface area contributed by atoms with Gasteiger partial charge in [0.2, 0.25) is 0 Å². The molecule has 0 fully saturated rings. The Labute approximate surface area is 191 Å².